The number of fused-ring (bicyclic) bond motifs is 1. The van der Waals surface area contributed by atoms with Gasteiger partial charge < -0.3 is 9.47 Å². The second-order valence-corrected chi connectivity index (χ2v) is 20.3. The van der Waals surface area contributed by atoms with Gasteiger partial charge in [-0.1, -0.05) is 206 Å². The average molecular weight is 876 g/mol. The number of carbonyl (C=O) groups is 2. The van der Waals surface area contributed by atoms with Gasteiger partial charge in [0.15, 0.2) is 0 Å². The number of thiophene rings is 2. The van der Waals surface area contributed by atoms with Gasteiger partial charge in [0.05, 0.1) is 34.1 Å². The third-order valence-electron chi connectivity index (χ3n) is 12.6. The molecule has 0 radical (unpaired) electrons. The van der Waals surface area contributed by atoms with Crippen LogP contribution in [0.15, 0.2) is 24.3 Å². The number of unbranched alkanes of at least 4 members (excludes halogenated alkanes) is 27. The molecule has 3 heterocycles. The lowest BCUT2D eigenvalue weighted by Crippen LogP contribution is -2.30. The molecule has 0 fully saturated rings. The predicted octanol–water partition coefficient (Wildman–Crippen LogP) is 17.9. The van der Waals surface area contributed by atoms with Crippen LogP contribution in [0.5, 0.6) is 11.5 Å². The quantitative estimate of drug-likeness (QED) is 0.0428. The highest BCUT2D eigenvalue weighted by Gasteiger charge is 2.39. The molecule has 0 spiro atoms. The van der Waals surface area contributed by atoms with Gasteiger partial charge in [-0.2, -0.15) is 0 Å². The van der Waals surface area contributed by atoms with Crippen molar-refractivity contribution >= 4 is 34.5 Å². The summed E-state index contributed by atoms with van der Waals surface area (Å²) in [6, 6.07) is 8.38. The first-order valence-corrected chi connectivity index (χ1v) is 27.0. The molecular formula is C54H85NO4S2. The average Bonchev–Trinajstić information content (AvgIpc) is 3.92. The van der Waals surface area contributed by atoms with Crippen molar-refractivity contribution in [3.05, 3.63) is 45.8 Å². The van der Waals surface area contributed by atoms with Crippen LogP contribution in [0.25, 0.3) is 20.2 Å². The van der Waals surface area contributed by atoms with E-state index in [-0.39, 0.29) is 11.8 Å². The molecule has 1 aliphatic heterocycles. The largest absolute Gasteiger partial charge is 0.492 e. The molecule has 1 aliphatic rings. The minimum absolute atomic E-state index is 0.138. The summed E-state index contributed by atoms with van der Waals surface area (Å²) in [5.41, 5.74) is 2.84. The Morgan fingerprint density at radius 3 is 1.33 bits per heavy atom. The standard InChI is InChI=1S/C54H85NO4S2/c1-6-9-12-15-18-21-24-27-30-33-38-55-53(56)49-43(4)36-37-45(50(49)54(55)57)48-42-47(59-40-35-32-29-26-23-20-17-14-11-8-3)52(61-48)51-46(41-44(5)60-51)58-39-34-31-28-25-22-19-16-13-10-7-2/h36-37,41-42H,6-35,38-40H2,1-5H3. The third kappa shape index (κ3) is 17.5. The van der Waals surface area contributed by atoms with Crippen molar-refractivity contribution in [1.82, 2.24) is 4.90 Å². The molecule has 7 heteroatoms. The molecule has 61 heavy (non-hydrogen) atoms. The molecule has 342 valence electrons. The summed E-state index contributed by atoms with van der Waals surface area (Å²) >= 11 is 3.43. The summed E-state index contributed by atoms with van der Waals surface area (Å²) in [7, 11) is 0. The minimum Gasteiger partial charge on any atom is -0.492 e. The highest BCUT2D eigenvalue weighted by molar-refractivity contribution is 7.24. The van der Waals surface area contributed by atoms with Gasteiger partial charge in [-0.3, -0.25) is 14.5 Å². The summed E-state index contributed by atoms with van der Waals surface area (Å²) in [6.07, 6.45) is 38.1. The molecule has 1 aromatic carbocycles. The van der Waals surface area contributed by atoms with E-state index in [2.05, 4.69) is 39.8 Å². The number of imide groups is 1. The van der Waals surface area contributed by atoms with E-state index in [1.54, 1.807) is 22.7 Å². The van der Waals surface area contributed by atoms with E-state index in [9.17, 15) is 9.59 Å². The zero-order chi connectivity index (χ0) is 43.5. The van der Waals surface area contributed by atoms with Crippen LogP contribution in [0, 0.1) is 13.8 Å². The maximum atomic E-state index is 14.2. The van der Waals surface area contributed by atoms with Crippen molar-refractivity contribution in [2.75, 3.05) is 19.8 Å². The van der Waals surface area contributed by atoms with Crippen molar-refractivity contribution in [2.24, 2.45) is 0 Å². The second-order valence-electron chi connectivity index (χ2n) is 18.0. The molecular weight excluding hydrogens is 791 g/mol. The van der Waals surface area contributed by atoms with Crippen LogP contribution in [-0.4, -0.2) is 36.5 Å². The molecule has 2 amide bonds. The van der Waals surface area contributed by atoms with Gasteiger partial charge in [-0.05, 0) is 50.8 Å². The highest BCUT2D eigenvalue weighted by Crippen LogP contribution is 2.51. The van der Waals surface area contributed by atoms with Crippen LogP contribution in [0.1, 0.15) is 245 Å². The van der Waals surface area contributed by atoms with E-state index in [0.29, 0.717) is 30.9 Å². The van der Waals surface area contributed by atoms with Gasteiger partial charge in [0, 0.05) is 21.9 Å². The zero-order valence-corrected chi connectivity index (χ0v) is 41.2. The summed E-state index contributed by atoms with van der Waals surface area (Å²) in [5, 5.41) is 0. The normalized spacial score (nSPS) is 12.6. The molecule has 0 N–H and O–H groups in total. The van der Waals surface area contributed by atoms with E-state index in [1.165, 1.54) is 170 Å². The SMILES string of the molecule is CCCCCCCCCCCCOc1cc(C)sc1-c1sc(-c2ccc(C)c3c2C(=O)N(CCCCCCCCCCCC)C3=O)cc1OCCCCCCCCCCCC. The number of hydrogen-bond donors (Lipinski definition) is 0. The molecule has 0 atom stereocenters. The van der Waals surface area contributed by atoms with E-state index in [0.717, 1.165) is 69.4 Å². The molecule has 5 nitrogen and oxygen atoms in total. The topological polar surface area (TPSA) is 55.8 Å². The fourth-order valence-corrected chi connectivity index (χ4v) is 11.0. The Bertz CT molecular complexity index is 1670. The number of benzene rings is 1. The van der Waals surface area contributed by atoms with Gasteiger partial charge in [0.25, 0.3) is 11.8 Å². The summed E-state index contributed by atoms with van der Waals surface area (Å²) in [4.78, 5) is 33.9. The zero-order valence-electron chi connectivity index (χ0n) is 39.5. The van der Waals surface area contributed by atoms with Crippen LogP contribution >= 0.6 is 22.7 Å². The molecule has 3 aromatic rings. The van der Waals surface area contributed by atoms with Crippen molar-refractivity contribution in [3.63, 3.8) is 0 Å². The Balaban J connectivity index is 1.43. The minimum atomic E-state index is -0.148. The maximum absolute atomic E-state index is 14.2. The van der Waals surface area contributed by atoms with E-state index >= 15 is 0 Å². The monoisotopic (exact) mass is 876 g/mol. The molecule has 0 saturated carbocycles. The van der Waals surface area contributed by atoms with E-state index in [4.69, 9.17) is 9.47 Å². The first kappa shape index (κ1) is 51.0. The summed E-state index contributed by atoms with van der Waals surface area (Å²) in [6.45, 7) is 12.8. The van der Waals surface area contributed by atoms with Gasteiger partial charge in [-0.25, -0.2) is 0 Å². The summed E-state index contributed by atoms with van der Waals surface area (Å²) < 4.78 is 13.2. The molecule has 4 rings (SSSR count). The number of ether oxygens (including phenoxy) is 2. The third-order valence-corrected chi connectivity index (χ3v) is 14.9. The van der Waals surface area contributed by atoms with Crippen LogP contribution in [-0.2, 0) is 0 Å². The van der Waals surface area contributed by atoms with Crippen LogP contribution in [0.4, 0.5) is 0 Å². The molecule has 0 aliphatic carbocycles. The fourth-order valence-electron chi connectivity index (χ4n) is 8.80. The van der Waals surface area contributed by atoms with Crippen LogP contribution in [0.3, 0.4) is 0 Å². The number of carbonyl (C=O) groups excluding carboxylic acids is 2. The Hall–Kier alpha value is -2.64. The van der Waals surface area contributed by atoms with E-state index in [1.807, 2.05) is 19.1 Å². The first-order valence-electron chi connectivity index (χ1n) is 25.4. The summed E-state index contributed by atoms with van der Waals surface area (Å²) in [5.74, 6) is 1.50. The number of aryl methyl sites for hydroxylation is 2. The molecule has 0 saturated heterocycles. The van der Waals surface area contributed by atoms with Gasteiger partial charge in [0.2, 0.25) is 0 Å². The maximum Gasteiger partial charge on any atom is 0.262 e. The fraction of sp³-hybridized carbons (Fsp3) is 0.704. The predicted molar refractivity (Wildman–Crippen MR) is 264 cm³/mol. The van der Waals surface area contributed by atoms with Crippen molar-refractivity contribution in [2.45, 2.75) is 227 Å². The van der Waals surface area contributed by atoms with Crippen molar-refractivity contribution in [3.8, 4) is 31.7 Å². The number of hydrogen-bond acceptors (Lipinski definition) is 6. The lowest BCUT2D eigenvalue weighted by atomic mass is 9.97. The Morgan fingerprint density at radius 1 is 0.459 bits per heavy atom. The van der Waals surface area contributed by atoms with Gasteiger partial charge in [-0.15, -0.1) is 22.7 Å². The Kier molecular flexibility index (Phi) is 25.5. The van der Waals surface area contributed by atoms with Gasteiger partial charge in [0.1, 0.15) is 11.5 Å². The number of rotatable bonds is 37. The van der Waals surface area contributed by atoms with E-state index < -0.39 is 0 Å². The molecule has 2 aromatic heterocycles. The van der Waals surface area contributed by atoms with Crippen molar-refractivity contribution < 1.29 is 19.1 Å². The number of nitrogens with zero attached hydrogens (tertiary/aromatic N) is 1. The van der Waals surface area contributed by atoms with Crippen LogP contribution < -0.4 is 9.47 Å². The molecule has 0 unspecified atom stereocenters. The molecule has 0 bridgehead atoms. The Morgan fingerprint density at radius 2 is 0.852 bits per heavy atom. The Labute approximate surface area is 381 Å². The lowest BCUT2D eigenvalue weighted by Gasteiger charge is -2.13. The number of amides is 2. The highest BCUT2D eigenvalue weighted by atomic mass is 32.1. The second kappa shape index (κ2) is 30.4. The van der Waals surface area contributed by atoms with Gasteiger partial charge >= 0.3 is 0 Å². The smallest absolute Gasteiger partial charge is 0.262 e. The first-order chi connectivity index (χ1) is 29.9. The lowest BCUT2D eigenvalue weighted by molar-refractivity contribution is 0.0651. The van der Waals surface area contributed by atoms with Crippen LogP contribution in [0.2, 0.25) is 0 Å². The van der Waals surface area contributed by atoms with Crippen molar-refractivity contribution in [1.29, 1.82) is 0 Å².